The first-order valence-corrected chi connectivity index (χ1v) is 6.19. The number of nitrogens with zero attached hydrogens (tertiary/aromatic N) is 3. The monoisotopic (exact) mass is 271 g/mol. The van der Waals surface area contributed by atoms with E-state index in [-0.39, 0.29) is 11.6 Å². The van der Waals surface area contributed by atoms with Crippen molar-refractivity contribution < 1.29 is 14.3 Å². The van der Waals surface area contributed by atoms with Crippen molar-refractivity contribution in [1.82, 2.24) is 14.5 Å². The number of para-hydroxylation sites is 1. The summed E-state index contributed by atoms with van der Waals surface area (Å²) in [5.41, 5.74) is 1.40. The fourth-order valence-electron chi connectivity index (χ4n) is 2.22. The van der Waals surface area contributed by atoms with Gasteiger partial charge in [0.2, 0.25) is 5.89 Å². The van der Waals surface area contributed by atoms with Gasteiger partial charge < -0.3 is 14.1 Å². The molecule has 6 heteroatoms. The Morgan fingerprint density at radius 3 is 2.85 bits per heavy atom. The zero-order valence-corrected chi connectivity index (χ0v) is 11.1. The Morgan fingerprint density at radius 2 is 2.20 bits per heavy atom. The maximum Gasteiger partial charge on any atom is 0.337 e. The second-order valence-corrected chi connectivity index (χ2v) is 4.62. The van der Waals surface area contributed by atoms with Crippen molar-refractivity contribution in [3.05, 3.63) is 47.9 Å². The van der Waals surface area contributed by atoms with E-state index in [4.69, 9.17) is 4.42 Å². The van der Waals surface area contributed by atoms with Gasteiger partial charge in [-0.25, -0.2) is 14.8 Å². The lowest BCUT2D eigenvalue weighted by molar-refractivity contribution is 0.0699. The Balaban J connectivity index is 2.13. The Hall–Kier alpha value is -2.63. The summed E-state index contributed by atoms with van der Waals surface area (Å²) in [6.45, 7) is 3.76. The van der Waals surface area contributed by atoms with Crippen LogP contribution in [-0.2, 0) is 0 Å². The van der Waals surface area contributed by atoms with Crippen LogP contribution in [0.2, 0.25) is 0 Å². The Kier molecular flexibility index (Phi) is 2.78. The normalized spacial score (nSPS) is 12.7. The van der Waals surface area contributed by atoms with Gasteiger partial charge in [-0.3, -0.25) is 0 Å². The molecule has 2 heterocycles. The Labute approximate surface area is 114 Å². The number of oxazole rings is 1. The van der Waals surface area contributed by atoms with E-state index in [0.717, 1.165) is 11.3 Å². The number of imidazole rings is 1. The molecule has 0 radical (unpaired) electrons. The van der Waals surface area contributed by atoms with Crippen LogP contribution in [0.5, 0.6) is 0 Å². The molecule has 102 valence electrons. The fourth-order valence-corrected chi connectivity index (χ4v) is 2.22. The van der Waals surface area contributed by atoms with Crippen molar-refractivity contribution >= 4 is 17.0 Å². The topological polar surface area (TPSA) is 81.2 Å². The predicted molar refractivity (Wildman–Crippen MR) is 71.7 cm³/mol. The molecule has 3 rings (SSSR count). The zero-order valence-electron chi connectivity index (χ0n) is 11.1. The van der Waals surface area contributed by atoms with Gasteiger partial charge in [0.25, 0.3) is 0 Å². The van der Waals surface area contributed by atoms with Gasteiger partial charge in [-0.1, -0.05) is 6.07 Å². The van der Waals surface area contributed by atoms with Crippen molar-refractivity contribution in [2.24, 2.45) is 0 Å². The predicted octanol–water partition coefficient (Wildman–Crippen LogP) is 2.64. The Bertz CT molecular complexity index is 788. The van der Waals surface area contributed by atoms with Gasteiger partial charge >= 0.3 is 5.97 Å². The van der Waals surface area contributed by atoms with Crippen molar-refractivity contribution in [3.8, 4) is 0 Å². The molecule has 6 nitrogen and oxygen atoms in total. The SMILES string of the molecule is Cc1cnc(C(C)n2cnc3c(C(=O)O)cccc32)o1. The highest BCUT2D eigenvalue weighted by molar-refractivity contribution is 6.00. The van der Waals surface area contributed by atoms with E-state index in [1.165, 1.54) is 0 Å². The minimum absolute atomic E-state index is 0.155. The van der Waals surface area contributed by atoms with Crippen LogP contribution in [0.1, 0.15) is 35.0 Å². The molecule has 1 aromatic carbocycles. The molecule has 3 aromatic rings. The summed E-state index contributed by atoms with van der Waals surface area (Å²) >= 11 is 0. The summed E-state index contributed by atoms with van der Waals surface area (Å²) in [5.74, 6) is 0.325. The van der Waals surface area contributed by atoms with Crippen LogP contribution in [0, 0.1) is 6.92 Å². The molecule has 0 aliphatic rings. The largest absolute Gasteiger partial charge is 0.478 e. The standard InChI is InChI=1S/C14H13N3O3/c1-8-6-15-13(20-8)9(2)17-7-16-12-10(14(18)19)4-3-5-11(12)17/h3-7,9H,1-2H3,(H,18,19). The number of hydrogen-bond acceptors (Lipinski definition) is 4. The summed E-state index contributed by atoms with van der Waals surface area (Å²) in [4.78, 5) is 19.6. The number of aromatic nitrogens is 3. The minimum atomic E-state index is -0.986. The van der Waals surface area contributed by atoms with Gasteiger partial charge in [0.15, 0.2) is 0 Å². The molecule has 0 saturated heterocycles. The van der Waals surface area contributed by atoms with Crippen molar-refractivity contribution in [2.45, 2.75) is 19.9 Å². The van der Waals surface area contributed by atoms with Crippen LogP contribution in [0.4, 0.5) is 0 Å². The van der Waals surface area contributed by atoms with Crippen LogP contribution < -0.4 is 0 Å². The average molecular weight is 271 g/mol. The van der Waals surface area contributed by atoms with Gasteiger partial charge in [0, 0.05) is 0 Å². The number of benzene rings is 1. The third-order valence-electron chi connectivity index (χ3n) is 3.25. The molecule has 0 bridgehead atoms. The highest BCUT2D eigenvalue weighted by Crippen LogP contribution is 2.24. The first-order valence-electron chi connectivity index (χ1n) is 6.19. The number of carboxylic acids is 1. The zero-order chi connectivity index (χ0) is 14.3. The van der Waals surface area contributed by atoms with E-state index < -0.39 is 5.97 Å². The number of carbonyl (C=O) groups is 1. The first kappa shape index (κ1) is 12.4. The van der Waals surface area contributed by atoms with Gasteiger partial charge in [-0.05, 0) is 26.0 Å². The summed E-state index contributed by atoms with van der Waals surface area (Å²) in [7, 11) is 0. The molecule has 0 aliphatic heterocycles. The molecular formula is C14H13N3O3. The third-order valence-corrected chi connectivity index (χ3v) is 3.25. The number of fused-ring (bicyclic) bond motifs is 1. The molecule has 0 amide bonds. The summed E-state index contributed by atoms with van der Waals surface area (Å²) < 4.78 is 7.37. The number of aryl methyl sites for hydroxylation is 1. The number of hydrogen-bond donors (Lipinski definition) is 1. The van der Waals surface area contributed by atoms with Gasteiger partial charge in [0.1, 0.15) is 17.3 Å². The molecule has 0 spiro atoms. The maximum absolute atomic E-state index is 11.2. The molecule has 1 atom stereocenters. The third kappa shape index (κ3) is 1.85. The molecule has 20 heavy (non-hydrogen) atoms. The minimum Gasteiger partial charge on any atom is -0.478 e. The Morgan fingerprint density at radius 1 is 1.40 bits per heavy atom. The van der Waals surface area contributed by atoms with Crippen LogP contribution in [0.25, 0.3) is 11.0 Å². The lowest BCUT2D eigenvalue weighted by Gasteiger charge is -2.10. The van der Waals surface area contributed by atoms with Gasteiger partial charge in [0.05, 0.1) is 23.6 Å². The van der Waals surface area contributed by atoms with E-state index in [1.54, 1.807) is 24.7 Å². The van der Waals surface area contributed by atoms with E-state index in [2.05, 4.69) is 9.97 Å². The summed E-state index contributed by atoms with van der Waals surface area (Å²) in [6, 6.07) is 4.93. The number of carboxylic acid groups (broad SMARTS) is 1. The van der Waals surface area contributed by atoms with Crippen LogP contribution >= 0.6 is 0 Å². The lowest BCUT2D eigenvalue weighted by atomic mass is 10.2. The fraction of sp³-hybridized carbons (Fsp3) is 0.214. The quantitative estimate of drug-likeness (QED) is 0.792. The maximum atomic E-state index is 11.2. The van der Waals surface area contributed by atoms with Crippen molar-refractivity contribution in [2.75, 3.05) is 0 Å². The van der Waals surface area contributed by atoms with E-state index in [0.29, 0.717) is 11.4 Å². The molecule has 1 N–H and O–H groups in total. The summed E-state index contributed by atoms with van der Waals surface area (Å²) in [6.07, 6.45) is 3.27. The number of aromatic carboxylic acids is 1. The smallest absolute Gasteiger partial charge is 0.337 e. The highest BCUT2D eigenvalue weighted by Gasteiger charge is 2.18. The second kappa shape index (κ2) is 4.48. The van der Waals surface area contributed by atoms with Crippen molar-refractivity contribution in [1.29, 1.82) is 0 Å². The second-order valence-electron chi connectivity index (χ2n) is 4.62. The molecule has 2 aromatic heterocycles. The molecule has 1 unspecified atom stereocenters. The van der Waals surface area contributed by atoms with Gasteiger partial charge in [-0.2, -0.15) is 0 Å². The van der Waals surface area contributed by atoms with Crippen molar-refractivity contribution in [3.63, 3.8) is 0 Å². The number of rotatable bonds is 3. The van der Waals surface area contributed by atoms with Crippen LogP contribution in [0.3, 0.4) is 0 Å². The highest BCUT2D eigenvalue weighted by atomic mass is 16.4. The average Bonchev–Trinajstić information content (AvgIpc) is 3.03. The van der Waals surface area contributed by atoms with Gasteiger partial charge in [-0.15, -0.1) is 0 Å². The molecule has 0 aliphatic carbocycles. The van der Waals surface area contributed by atoms with E-state index in [9.17, 15) is 9.90 Å². The first-order chi connectivity index (χ1) is 9.58. The summed E-state index contributed by atoms with van der Waals surface area (Å²) in [5, 5.41) is 9.17. The lowest BCUT2D eigenvalue weighted by Crippen LogP contribution is -2.06. The molecule has 0 saturated carbocycles. The molecular weight excluding hydrogens is 258 g/mol. The van der Waals surface area contributed by atoms with Crippen LogP contribution in [-0.4, -0.2) is 25.6 Å². The van der Waals surface area contributed by atoms with E-state index >= 15 is 0 Å². The molecule has 0 fully saturated rings. The van der Waals surface area contributed by atoms with E-state index in [1.807, 2.05) is 24.5 Å². The van der Waals surface area contributed by atoms with Crippen LogP contribution in [0.15, 0.2) is 35.1 Å².